The molecule has 6 nitrogen and oxygen atoms in total. The Hall–Kier alpha value is -1.79. The molecule has 0 bridgehead atoms. The Morgan fingerprint density at radius 1 is 1.69 bits per heavy atom. The second-order valence-corrected chi connectivity index (χ2v) is 2.35. The van der Waals surface area contributed by atoms with Crippen LogP contribution in [0.2, 0.25) is 0 Å². The first-order valence-corrected chi connectivity index (χ1v) is 3.34. The van der Waals surface area contributed by atoms with E-state index in [0.29, 0.717) is 11.1 Å². The number of imide groups is 1. The minimum atomic E-state index is -1.97. The molecule has 4 amide bonds. The van der Waals surface area contributed by atoms with Crippen LogP contribution in [-0.2, 0) is 9.59 Å². The number of alkyl halides is 1. The molecule has 70 valence electrons. The van der Waals surface area contributed by atoms with Crippen molar-refractivity contribution in [3.05, 3.63) is 0 Å². The smallest absolute Gasteiger partial charge is 0.350 e. The van der Waals surface area contributed by atoms with E-state index in [9.17, 15) is 18.8 Å². The standard InChI is InChI=1S/C6H6FN3O3/c7-3-1-9-6(13)10(5(3)12)2-4(8)11/h1,3H,2H2,(H2,8,11). The van der Waals surface area contributed by atoms with E-state index in [0.717, 1.165) is 0 Å². The summed E-state index contributed by atoms with van der Waals surface area (Å²) in [6.45, 7) is -0.643. The summed E-state index contributed by atoms with van der Waals surface area (Å²) in [5, 5.41) is 0. The maximum absolute atomic E-state index is 12.6. The number of carbonyl (C=O) groups is 3. The van der Waals surface area contributed by atoms with E-state index in [2.05, 4.69) is 4.99 Å². The van der Waals surface area contributed by atoms with Crippen LogP contribution in [0.3, 0.4) is 0 Å². The molecule has 0 aromatic heterocycles. The predicted molar refractivity (Wildman–Crippen MR) is 39.7 cm³/mol. The van der Waals surface area contributed by atoms with Gasteiger partial charge in [-0.05, 0) is 0 Å². The summed E-state index contributed by atoms with van der Waals surface area (Å²) in [6.07, 6.45) is -1.39. The number of aliphatic imine (C=N–C) groups is 1. The van der Waals surface area contributed by atoms with Crippen LogP contribution in [0, 0.1) is 0 Å². The van der Waals surface area contributed by atoms with E-state index in [1.165, 1.54) is 0 Å². The first-order valence-electron chi connectivity index (χ1n) is 3.34. The summed E-state index contributed by atoms with van der Waals surface area (Å²) in [5.74, 6) is -2.01. The number of primary amides is 1. The third-order valence-electron chi connectivity index (χ3n) is 1.36. The van der Waals surface area contributed by atoms with Crippen LogP contribution in [0.5, 0.6) is 0 Å². The van der Waals surface area contributed by atoms with Gasteiger partial charge in [-0.2, -0.15) is 0 Å². The minimum Gasteiger partial charge on any atom is -0.368 e. The van der Waals surface area contributed by atoms with Gasteiger partial charge in [0.2, 0.25) is 12.1 Å². The van der Waals surface area contributed by atoms with Crippen LogP contribution < -0.4 is 5.73 Å². The summed E-state index contributed by atoms with van der Waals surface area (Å²) in [6, 6.07) is -0.974. The highest BCUT2D eigenvalue weighted by Crippen LogP contribution is 2.05. The maximum Gasteiger partial charge on any atom is 0.350 e. The van der Waals surface area contributed by atoms with Gasteiger partial charge in [-0.1, -0.05) is 0 Å². The SMILES string of the molecule is NC(=O)CN1C(=O)N=CC(F)C1=O. The monoisotopic (exact) mass is 187 g/mol. The lowest BCUT2D eigenvalue weighted by Crippen LogP contribution is -2.48. The highest BCUT2D eigenvalue weighted by Gasteiger charge is 2.32. The zero-order chi connectivity index (χ0) is 10.0. The zero-order valence-corrected chi connectivity index (χ0v) is 6.44. The number of carbonyl (C=O) groups excluding carboxylic acids is 3. The maximum atomic E-state index is 12.6. The van der Waals surface area contributed by atoms with Gasteiger partial charge in [-0.15, -0.1) is 0 Å². The fourth-order valence-electron chi connectivity index (χ4n) is 0.807. The number of nitrogens with zero attached hydrogens (tertiary/aromatic N) is 2. The highest BCUT2D eigenvalue weighted by molar-refractivity contribution is 6.12. The third kappa shape index (κ3) is 1.86. The molecule has 1 aliphatic rings. The van der Waals surface area contributed by atoms with Crippen molar-refractivity contribution in [2.24, 2.45) is 10.7 Å². The topological polar surface area (TPSA) is 92.8 Å². The summed E-state index contributed by atoms with van der Waals surface area (Å²) in [5.41, 5.74) is 4.73. The zero-order valence-electron chi connectivity index (χ0n) is 6.44. The van der Waals surface area contributed by atoms with Crippen LogP contribution in [0.1, 0.15) is 0 Å². The van der Waals surface area contributed by atoms with E-state index in [-0.39, 0.29) is 0 Å². The Morgan fingerprint density at radius 2 is 2.31 bits per heavy atom. The van der Waals surface area contributed by atoms with Crippen LogP contribution in [0.15, 0.2) is 4.99 Å². The van der Waals surface area contributed by atoms with Gasteiger partial charge in [0.25, 0.3) is 5.91 Å². The van der Waals surface area contributed by atoms with Gasteiger partial charge in [0.1, 0.15) is 6.54 Å². The Labute approximate surface area is 72.2 Å². The van der Waals surface area contributed by atoms with Gasteiger partial charge >= 0.3 is 6.03 Å². The van der Waals surface area contributed by atoms with Crippen LogP contribution in [0.4, 0.5) is 9.18 Å². The van der Waals surface area contributed by atoms with Crippen LogP contribution in [0.25, 0.3) is 0 Å². The minimum absolute atomic E-state index is 0.368. The summed E-state index contributed by atoms with van der Waals surface area (Å²) < 4.78 is 12.6. The third-order valence-corrected chi connectivity index (χ3v) is 1.36. The average molecular weight is 187 g/mol. The van der Waals surface area contributed by atoms with Gasteiger partial charge in [0.05, 0.1) is 6.21 Å². The fourth-order valence-corrected chi connectivity index (χ4v) is 0.807. The molecule has 1 aliphatic heterocycles. The summed E-state index contributed by atoms with van der Waals surface area (Å²) in [7, 11) is 0. The molecule has 0 aliphatic carbocycles. The molecule has 0 fully saturated rings. The van der Waals surface area contributed by atoms with Gasteiger partial charge < -0.3 is 5.73 Å². The Morgan fingerprint density at radius 3 is 2.85 bits per heavy atom. The molecule has 0 aromatic rings. The molecule has 0 saturated heterocycles. The van der Waals surface area contributed by atoms with Gasteiger partial charge in [-0.3, -0.25) is 14.5 Å². The number of halogens is 1. The Bertz CT molecular complexity index is 301. The van der Waals surface area contributed by atoms with E-state index in [4.69, 9.17) is 5.73 Å². The molecule has 1 heterocycles. The van der Waals surface area contributed by atoms with Crippen molar-refractivity contribution in [3.63, 3.8) is 0 Å². The van der Waals surface area contributed by atoms with Crippen molar-refractivity contribution >= 4 is 24.1 Å². The Balaban J connectivity index is 2.83. The highest BCUT2D eigenvalue weighted by atomic mass is 19.1. The lowest BCUT2D eigenvalue weighted by molar-refractivity contribution is -0.134. The van der Waals surface area contributed by atoms with E-state index >= 15 is 0 Å². The first-order chi connectivity index (χ1) is 6.02. The van der Waals surface area contributed by atoms with Crippen molar-refractivity contribution in [2.45, 2.75) is 6.17 Å². The summed E-state index contributed by atoms with van der Waals surface area (Å²) >= 11 is 0. The number of rotatable bonds is 2. The number of urea groups is 1. The van der Waals surface area contributed by atoms with Gasteiger partial charge in [0.15, 0.2) is 0 Å². The molecular weight excluding hydrogens is 181 g/mol. The van der Waals surface area contributed by atoms with E-state index in [1.54, 1.807) is 0 Å². The largest absolute Gasteiger partial charge is 0.368 e. The fraction of sp³-hybridized carbons (Fsp3) is 0.333. The van der Waals surface area contributed by atoms with E-state index in [1.807, 2.05) is 0 Å². The number of hydrogen-bond acceptors (Lipinski definition) is 3. The molecule has 13 heavy (non-hydrogen) atoms. The number of nitrogens with two attached hydrogens (primary N) is 1. The van der Waals surface area contributed by atoms with Gasteiger partial charge in [-0.25, -0.2) is 14.2 Å². The molecule has 7 heteroatoms. The lowest BCUT2D eigenvalue weighted by atomic mass is 10.3. The molecule has 2 N–H and O–H groups in total. The molecule has 1 unspecified atom stereocenters. The predicted octanol–water partition coefficient (Wildman–Crippen LogP) is -1.16. The van der Waals surface area contributed by atoms with Crippen LogP contribution in [-0.4, -0.2) is 41.7 Å². The molecule has 0 saturated carbocycles. The van der Waals surface area contributed by atoms with Crippen molar-refractivity contribution in [2.75, 3.05) is 6.54 Å². The number of amides is 4. The second-order valence-electron chi connectivity index (χ2n) is 2.35. The van der Waals surface area contributed by atoms with Crippen molar-refractivity contribution in [1.29, 1.82) is 0 Å². The normalized spacial score (nSPS) is 22.2. The van der Waals surface area contributed by atoms with Crippen LogP contribution >= 0.6 is 0 Å². The Kier molecular flexibility index (Phi) is 2.36. The lowest BCUT2D eigenvalue weighted by Gasteiger charge is -2.20. The van der Waals surface area contributed by atoms with Gasteiger partial charge in [0, 0.05) is 0 Å². The summed E-state index contributed by atoms with van der Waals surface area (Å²) in [4.78, 5) is 35.5. The first kappa shape index (κ1) is 9.30. The molecular formula is C6H6FN3O3. The average Bonchev–Trinajstić information content (AvgIpc) is 2.05. The van der Waals surface area contributed by atoms with Crippen molar-refractivity contribution < 1.29 is 18.8 Å². The van der Waals surface area contributed by atoms with E-state index < -0.39 is 30.6 Å². The molecule has 0 aromatic carbocycles. The second kappa shape index (κ2) is 3.30. The molecule has 0 spiro atoms. The molecule has 0 radical (unpaired) electrons. The quantitative estimate of drug-likeness (QED) is 0.591. The molecule has 1 rings (SSSR count). The number of hydrogen-bond donors (Lipinski definition) is 1. The van der Waals surface area contributed by atoms with Crippen molar-refractivity contribution in [1.82, 2.24) is 4.90 Å². The van der Waals surface area contributed by atoms with Crippen molar-refractivity contribution in [3.8, 4) is 0 Å². The molecule has 1 atom stereocenters.